The van der Waals surface area contributed by atoms with Crippen molar-refractivity contribution in [2.24, 2.45) is 11.8 Å². The number of allylic oxidation sites excluding steroid dienone is 4. The van der Waals surface area contributed by atoms with Crippen molar-refractivity contribution in [3.05, 3.63) is 60.2 Å². The number of hydrogen-bond donors (Lipinski definition) is 1. The van der Waals surface area contributed by atoms with E-state index in [0.29, 0.717) is 19.3 Å². The molecule has 1 N–H and O–H groups in total. The molecule has 0 bridgehead atoms. The molecule has 0 saturated heterocycles. The lowest BCUT2D eigenvalue weighted by molar-refractivity contribution is -0.147. The van der Waals surface area contributed by atoms with E-state index in [4.69, 9.17) is 4.74 Å². The Morgan fingerprint density at radius 1 is 1.17 bits per heavy atom. The molecule has 0 aromatic heterocycles. The van der Waals surface area contributed by atoms with Crippen molar-refractivity contribution in [1.82, 2.24) is 0 Å². The second kappa shape index (κ2) is 13.2. The van der Waals surface area contributed by atoms with Gasteiger partial charge in [0.05, 0.1) is 12.2 Å². The van der Waals surface area contributed by atoms with Crippen LogP contribution >= 0.6 is 0 Å². The summed E-state index contributed by atoms with van der Waals surface area (Å²) in [6.07, 6.45) is 13.3. The van der Waals surface area contributed by atoms with Gasteiger partial charge in [-0.05, 0) is 76.4 Å². The quantitative estimate of drug-likeness (QED) is 0.275. The zero-order valence-corrected chi connectivity index (χ0v) is 18.3. The standard InChI is InChI=1S/C26H36O4/c1-20(2)30-26(29)13-9-4-3-8-12-24-22(16-19-25(24)28)15-18-23(27)17-14-21-10-6-5-7-11-21/h3,5-8,10-11,16,19-20,22-24,27H,4,9,12-15,17-18H2,1-2H3/b8-3+/t22-,23-,24+/m0/s1. The first kappa shape index (κ1) is 24.1. The fraction of sp³-hybridized carbons (Fsp3) is 0.538. The Hall–Kier alpha value is -2.20. The summed E-state index contributed by atoms with van der Waals surface area (Å²) in [5.41, 5.74) is 1.24. The number of ketones is 1. The topological polar surface area (TPSA) is 63.6 Å². The van der Waals surface area contributed by atoms with Crippen LogP contribution in [0.4, 0.5) is 0 Å². The summed E-state index contributed by atoms with van der Waals surface area (Å²) in [5, 5.41) is 10.3. The Bertz CT molecular complexity index is 705. The van der Waals surface area contributed by atoms with Crippen LogP contribution in [0.1, 0.15) is 64.4 Å². The van der Waals surface area contributed by atoms with E-state index in [1.165, 1.54) is 5.56 Å². The number of aliphatic hydroxyl groups excluding tert-OH is 1. The molecule has 0 amide bonds. The molecule has 0 radical (unpaired) electrons. The molecule has 2 rings (SSSR count). The molecule has 0 fully saturated rings. The number of rotatable bonds is 13. The Morgan fingerprint density at radius 3 is 2.67 bits per heavy atom. The summed E-state index contributed by atoms with van der Waals surface area (Å²) in [5.74, 6) is 0.214. The van der Waals surface area contributed by atoms with Crippen LogP contribution in [-0.4, -0.2) is 29.1 Å². The van der Waals surface area contributed by atoms with E-state index < -0.39 is 0 Å². The molecule has 1 aliphatic rings. The Balaban J connectivity index is 1.65. The third kappa shape index (κ3) is 9.08. The van der Waals surface area contributed by atoms with Crippen molar-refractivity contribution in [2.75, 3.05) is 0 Å². The smallest absolute Gasteiger partial charge is 0.306 e. The first-order valence-corrected chi connectivity index (χ1v) is 11.2. The number of carbonyl (C=O) groups is 2. The number of aliphatic hydroxyl groups is 1. The monoisotopic (exact) mass is 412 g/mol. The van der Waals surface area contributed by atoms with Crippen molar-refractivity contribution < 1.29 is 19.4 Å². The van der Waals surface area contributed by atoms with Crippen molar-refractivity contribution in [3.63, 3.8) is 0 Å². The highest BCUT2D eigenvalue weighted by atomic mass is 16.5. The number of esters is 1. The highest BCUT2D eigenvalue weighted by Crippen LogP contribution is 2.30. The number of benzene rings is 1. The Kier molecular flexibility index (Phi) is 10.6. The number of carbonyl (C=O) groups excluding carboxylic acids is 2. The second-order valence-corrected chi connectivity index (χ2v) is 8.43. The minimum Gasteiger partial charge on any atom is -0.463 e. The molecule has 4 nitrogen and oxygen atoms in total. The number of aryl methyl sites for hydroxylation is 1. The van der Waals surface area contributed by atoms with Crippen LogP contribution in [0.25, 0.3) is 0 Å². The molecule has 30 heavy (non-hydrogen) atoms. The largest absolute Gasteiger partial charge is 0.463 e. The van der Waals surface area contributed by atoms with E-state index in [9.17, 15) is 14.7 Å². The summed E-state index contributed by atoms with van der Waals surface area (Å²) >= 11 is 0. The first-order valence-electron chi connectivity index (χ1n) is 11.2. The summed E-state index contributed by atoms with van der Waals surface area (Å²) in [6.45, 7) is 3.70. The van der Waals surface area contributed by atoms with Gasteiger partial charge in [0.1, 0.15) is 0 Å². The SMILES string of the molecule is CC(C)OC(=O)CCC/C=C/C[C@H]1C(=O)C=C[C@@H]1CC[C@@H](O)CCc1ccccc1. The zero-order chi connectivity index (χ0) is 21.8. The van der Waals surface area contributed by atoms with E-state index in [-0.39, 0.29) is 35.8 Å². The van der Waals surface area contributed by atoms with Gasteiger partial charge in [0.25, 0.3) is 0 Å². The second-order valence-electron chi connectivity index (χ2n) is 8.43. The van der Waals surface area contributed by atoms with Crippen LogP contribution in [0.3, 0.4) is 0 Å². The molecule has 4 heteroatoms. The Labute approximate surface area is 181 Å². The van der Waals surface area contributed by atoms with E-state index in [1.54, 1.807) is 6.08 Å². The van der Waals surface area contributed by atoms with Gasteiger partial charge >= 0.3 is 5.97 Å². The van der Waals surface area contributed by atoms with E-state index in [1.807, 2.05) is 38.1 Å². The third-order valence-electron chi connectivity index (χ3n) is 5.51. The van der Waals surface area contributed by atoms with Gasteiger partial charge in [-0.3, -0.25) is 9.59 Å². The maximum Gasteiger partial charge on any atom is 0.306 e. The summed E-state index contributed by atoms with van der Waals surface area (Å²) in [4.78, 5) is 23.7. The lowest BCUT2D eigenvalue weighted by Gasteiger charge is -2.18. The van der Waals surface area contributed by atoms with E-state index >= 15 is 0 Å². The van der Waals surface area contributed by atoms with Crippen LogP contribution < -0.4 is 0 Å². The van der Waals surface area contributed by atoms with Gasteiger partial charge in [0.15, 0.2) is 5.78 Å². The van der Waals surface area contributed by atoms with Gasteiger partial charge in [-0.25, -0.2) is 0 Å². The molecular weight excluding hydrogens is 376 g/mol. The fourth-order valence-corrected chi connectivity index (χ4v) is 3.83. The normalized spacial score (nSPS) is 19.7. The number of hydrogen-bond acceptors (Lipinski definition) is 4. The van der Waals surface area contributed by atoms with Gasteiger partial charge in [0, 0.05) is 12.3 Å². The lowest BCUT2D eigenvalue weighted by Crippen LogP contribution is -2.17. The van der Waals surface area contributed by atoms with Crippen molar-refractivity contribution in [3.8, 4) is 0 Å². The molecule has 0 aliphatic heterocycles. The van der Waals surface area contributed by atoms with E-state index in [0.717, 1.165) is 32.1 Å². The van der Waals surface area contributed by atoms with Crippen LogP contribution in [0, 0.1) is 11.8 Å². The van der Waals surface area contributed by atoms with Gasteiger partial charge < -0.3 is 9.84 Å². The minimum atomic E-state index is -0.337. The molecule has 0 unspecified atom stereocenters. The highest BCUT2D eigenvalue weighted by molar-refractivity contribution is 5.94. The predicted molar refractivity (Wildman–Crippen MR) is 120 cm³/mol. The fourth-order valence-electron chi connectivity index (χ4n) is 3.83. The van der Waals surface area contributed by atoms with Crippen molar-refractivity contribution in [1.29, 1.82) is 0 Å². The molecule has 164 valence electrons. The molecule has 0 spiro atoms. The molecule has 1 aromatic carbocycles. The summed E-state index contributed by atoms with van der Waals surface area (Å²) in [6, 6.07) is 10.2. The average molecular weight is 413 g/mol. The number of ether oxygens (including phenoxy) is 1. The number of unbranched alkanes of at least 4 members (excludes halogenated alkanes) is 1. The van der Waals surface area contributed by atoms with Crippen molar-refractivity contribution >= 4 is 11.8 Å². The molecule has 3 atom stereocenters. The van der Waals surface area contributed by atoms with Gasteiger partial charge in [-0.2, -0.15) is 0 Å². The summed E-state index contributed by atoms with van der Waals surface area (Å²) in [7, 11) is 0. The molecule has 1 aromatic rings. The lowest BCUT2D eigenvalue weighted by atomic mass is 9.86. The molecule has 1 aliphatic carbocycles. The first-order chi connectivity index (χ1) is 14.5. The Morgan fingerprint density at radius 2 is 1.93 bits per heavy atom. The third-order valence-corrected chi connectivity index (χ3v) is 5.51. The molecular formula is C26H36O4. The molecule has 0 heterocycles. The average Bonchev–Trinajstić information content (AvgIpc) is 3.07. The van der Waals surface area contributed by atoms with Crippen LogP contribution in [0.15, 0.2) is 54.6 Å². The zero-order valence-electron chi connectivity index (χ0n) is 18.3. The van der Waals surface area contributed by atoms with Crippen molar-refractivity contribution in [2.45, 2.75) is 77.4 Å². The molecule has 0 saturated carbocycles. The highest BCUT2D eigenvalue weighted by Gasteiger charge is 2.29. The minimum absolute atomic E-state index is 0.0199. The maximum atomic E-state index is 12.2. The van der Waals surface area contributed by atoms with Gasteiger partial charge in [-0.15, -0.1) is 0 Å². The van der Waals surface area contributed by atoms with Crippen LogP contribution in [-0.2, 0) is 20.7 Å². The van der Waals surface area contributed by atoms with Crippen LogP contribution in [0.5, 0.6) is 0 Å². The van der Waals surface area contributed by atoms with E-state index in [2.05, 4.69) is 24.3 Å². The summed E-state index contributed by atoms with van der Waals surface area (Å²) < 4.78 is 5.12. The van der Waals surface area contributed by atoms with Crippen LogP contribution in [0.2, 0.25) is 0 Å². The predicted octanol–water partition coefficient (Wildman–Crippen LogP) is 5.20. The van der Waals surface area contributed by atoms with Gasteiger partial charge in [0.2, 0.25) is 0 Å². The van der Waals surface area contributed by atoms with Gasteiger partial charge in [-0.1, -0.05) is 48.6 Å². The maximum absolute atomic E-state index is 12.2.